The van der Waals surface area contributed by atoms with Gasteiger partial charge in [-0.2, -0.15) is 0 Å². The van der Waals surface area contributed by atoms with Crippen molar-refractivity contribution in [2.45, 2.75) is 71.6 Å². The van der Waals surface area contributed by atoms with Crippen molar-refractivity contribution in [2.75, 3.05) is 0 Å². The normalized spacial score (nSPS) is 16.0. The Labute approximate surface area is 107 Å². The maximum Gasteiger partial charge on any atom is -0.00413 e. The fourth-order valence-corrected chi connectivity index (χ4v) is 3.37. The SMILES string of the molecule is CC.CCCC1(CCC)CCc2ccccc21. The third kappa shape index (κ3) is 2.91. The predicted octanol–water partition coefficient (Wildman–Crippen LogP) is 5.50. The summed E-state index contributed by atoms with van der Waals surface area (Å²) in [5.41, 5.74) is 3.80. The number of benzene rings is 1. The van der Waals surface area contributed by atoms with Crippen molar-refractivity contribution in [1.29, 1.82) is 0 Å². The van der Waals surface area contributed by atoms with Crippen LogP contribution < -0.4 is 0 Å². The third-order valence-corrected chi connectivity index (χ3v) is 3.92. The monoisotopic (exact) mass is 232 g/mol. The highest BCUT2D eigenvalue weighted by atomic mass is 14.4. The molecule has 17 heavy (non-hydrogen) atoms. The summed E-state index contributed by atoms with van der Waals surface area (Å²) in [5.74, 6) is 0. The van der Waals surface area contributed by atoms with Gasteiger partial charge in [-0.05, 0) is 42.2 Å². The molecule has 0 bridgehead atoms. The third-order valence-electron chi connectivity index (χ3n) is 3.92. The average molecular weight is 232 g/mol. The van der Waals surface area contributed by atoms with Gasteiger partial charge in [0.05, 0.1) is 0 Å². The maximum atomic E-state index is 2.37. The number of fused-ring (bicyclic) bond motifs is 1. The van der Waals surface area contributed by atoms with Crippen molar-refractivity contribution < 1.29 is 0 Å². The molecule has 0 aromatic heterocycles. The van der Waals surface area contributed by atoms with Crippen LogP contribution in [0.25, 0.3) is 0 Å². The van der Waals surface area contributed by atoms with Crippen LogP contribution in [0.3, 0.4) is 0 Å². The Bertz CT molecular complexity index is 313. The van der Waals surface area contributed by atoms with Gasteiger partial charge in [-0.1, -0.05) is 64.8 Å². The molecule has 0 nitrogen and oxygen atoms in total. The van der Waals surface area contributed by atoms with E-state index in [1.54, 1.807) is 11.1 Å². The molecule has 1 aliphatic carbocycles. The summed E-state index contributed by atoms with van der Waals surface area (Å²) < 4.78 is 0. The molecule has 1 aromatic rings. The van der Waals surface area contributed by atoms with Gasteiger partial charge in [0.15, 0.2) is 0 Å². The van der Waals surface area contributed by atoms with Gasteiger partial charge >= 0.3 is 0 Å². The summed E-state index contributed by atoms with van der Waals surface area (Å²) in [5, 5.41) is 0. The topological polar surface area (TPSA) is 0 Å². The minimum Gasteiger partial charge on any atom is -0.0683 e. The van der Waals surface area contributed by atoms with Gasteiger partial charge in [0, 0.05) is 0 Å². The standard InChI is InChI=1S/C15H22.C2H6/c1-3-10-15(11-4-2)12-9-13-7-5-6-8-14(13)15;1-2/h5-8H,3-4,9-12H2,1-2H3;1-2H3. The molecule has 0 atom stereocenters. The lowest BCUT2D eigenvalue weighted by Gasteiger charge is -2.30. The van der Waals surface area contributed by atoms with E-state index in [-0.39, 0.29) is 0 Å². The zero-order valence-electron chi connectivity index (χ0n) is 12.1. The second-order valence-electron chi connectivity index (χ2n) is 4.94. The number of hydrogen-bond donors (Lipinski definition) is 0. The minimum absolute atomic E-state index is 0.528. The van der Waals surface area contributed by atoms with Crippen molar-refractivity contribution in [3.05, 3.63) is 35.4 Å². The minimum atomic E-state index is 0.528. The van der Waals surface area contributed by atoms with Crippen LogP contribution in [0, 0.1) is 0 Å². The maximum absolute atomic E-state index is 2.37. The molecule has 0 saturated heterocycles. The van der Waals surface area contributed by atoms with Crippen molar-refractivity contribution in [1.82, 2.24) is 0 Å². The van der Waals surface area contributed by atoms with Gasteiger partial charge in [-0.15, -0.1) is 0 Å². The van der Waals surface area contributed by atoms with E-state index in [0.29, 0.717) is 5.41 Å². The van der Waals surface area contributed by atoms with E-state index in [0.717, 1.165) is 0 Å². The molecule has 0 N–H and O–H groups in total. The highest BCUT2D eigenvalue weighted by molar-refractivity contribution is 5.39. The van der Waals surface area contributed by atoms with Crippen LogP contribution in [-0.4, -0.2) is 0 Å². The molecular weight excluding hydrogens is 204 g/mol. The van der Waals surface area contributed by atoms with Gasteiger partial charge in [-0.3, -0.25) is 0 Å². The van der Waals surface area contributed by atoms with Gasteiger partial charge in [0.2, 0.25) is 0 Å². The molecule has 1 aromatic carbocycles. The van der Waals surface area contributed by atoms with Crippen LogP contribution in [0.5, 0.6) is 0 Å². The Morgan fingerprint density at radius 1 is 1.00 bits per heavy atom. The lowest BCUT2D eigenvalue weighted by Crippen LogP contribution is -2.22. The van der Waals surface area contributed by atoms with Crippen molar-refractivity contribution in [3.8, 4) is 0 Å². The predicted molar refractivity (Wildman–Crippen MR) is 77.6 cm³/mol. The highest BCUT2D eigenvalue weighted by Gasteiger charge is 2.36. The van der Waals surface area contributed by atoms with Crippen molar-refractivity contribution in [2.24, 2.45) is 0 Å². The summed E-state index contributed by atoms with van der Waals surface area (Å²) >= 11 is 0. The van der Waals surface area contributed by atoms with Crippen LogP contribution in [0.2, 0.25) is 0 Å². The lowest BCUT2D eigenvalue weighted by atomic mass is 9.74. The second kappa shape index (κ2) is 6.83. The first-order valence-corrected chi connectivity index (χ1v) is 7.41. The first kappa shape index (κ1) is 14.3. The molecule has 0 fully saturated rings. The second-order valence-corrected chi connectivity index (χ2v) is 4.94. The molecule has 0 saturated carbocycles. The molecule has 0 amide bonds. The van der Waals surface area contributed by atoms with E-state index in [1.807, 2.05) is 13.8 Å². The Morgan fingerprint density at radius 2 is 1.59 bits per heavy atom. The number of aryl methyl sites for hydroxylation is 1. The van der Waals surface area contributed by atoms with Crippen LogP contribution in [0.4, 0.5) is 0 Å². The Morgan fingerprint density at radius 3 is 2.18 bits per heavy atom. The van der Waals surface area contributed by atoms with E-state index < -0.39 is 0 Å². The highest BCUT2D eigenvalue weighted by Crippen LogP contribution is 2.45. The first-order valence-electron chi connectivity index (χ1n) is 7.41. The van der Waals surface area contributed by atoms with E-state index in [9.17, 15) is 0 Å². The zero-order valence-corrected chi connectivity index (χ0v) is 12.1. The molecule has 0 aliphatic heterocycles. The molecular formula is C17H28. The molecule has 96 valence electrons. The zero-order chi connectivity index (χ0) is 12.7. The average Bonchev–Trinajstić information content (AvgIpc) is 2.73. The van der Waals surface area contributed by atoms with Gasteiger partial charge in [0.25, 0.3) is 0 Å². The summed E-state index contributed by atoms with van der Waals surface area (Å²) in [6.45, 7) is 8.64. The van der Waals surface area contributed by atoms with Crippen LogP contribution in [0.15, 0.2) is 24.3 Å². The fourth-order valence-electron chi connectivity index (χ4n) is 3.37. The smallest absolute Gasteiger partial charge is 0.00413 e. The lowest BCUT2D eigenvalue weighted by molar-refractivity contribution is 0.354. The molecule has 0 unspecified atom stereocenters. The van der Waals surface area contributed by atoms with E-state index >= 15 is 0 Å². The van der Waals surface area contributed by atoms with E-state index in [2.05, 4.69) is 38.1 Å². The van der Waals surface area contributed by atoms with Gasteiger partial charge < -0.3 is 0 Å². The van der Waals surface area contributed by atoms with Crippen LogP contribution in [0.1, 0.15) is 70.9 Å². The van der Waals surface area contributed by atoms with Crippen molar-refractivity contribution >= 4 is 0 Å². The van der Waals surface area contributed by atoms with Crippen LogP contribution >= 0.6 is 0 Å². The molecule has 0 heteroatoms. The summed E-state index contributed by atoms with van der Waals surface area (Å²) in [6.07, 6.45) is 8.06. The van der Waals surface area contributed by atoms with E-state index in [4.69, 9.17) is 0 Å². The summed E-state index contributed by atoms with van der Waals surface area (Å²) in [7, 11) is 0. The molecule has 1 aliphatic rings. The molecule has 0 heterocycles. The molecule has 0 spiro atoms. The molecule has 0 radical (unpaired) electrons. The molecule has 2 rings (SSSR count). The van der Waals surface area contributed by atoms with E-state index in [1.165, 1.54) is 38.5 Å². The largest absolute Gasteiger partial charge is 0.0683 e. The van der Waals surface area contributed by atoms with Crippen LogP contribution in [-0.2, 0) is 11.8 Å². The fraction of sp³-hybridized carbons (Fsp3) is 0.647. The summed E-state index contributed by atoms with van der Waals surface area (Å²) in [6, 6.07) is 9.09. The Kier molecular flexibility index (Phi) is 5.74. The van der Waals surface area contributed by atoms with Gasteiger partial charge in [0.1, 0.15) is 0 Å². The first-order chi connectivity index (χ1) is 8.32. The number of hydrogen-bond acceptors (Lipinski definition) is 0. The quantitative estimate of drug-likeness (QED) is 0.643. The van der Waals surface area contributed by atoms with Crippen molar-refractivity contribution in [3.63, 3.8) is 0 Å². The number of rotatable bonds is 4. The summed E-state index contributed by atoms with van der Waals surface area (Å²) in [4.78, 5) is 0. The Balaban J connectivity index is 0.000000686. The van der Waals surface area contributed by atoms with Gasteiger partial charge in [-0.25, -0.2) is 0 Å². The Hall–Kier alpha value is -0.780.